The largest absolute Gasteiger partial charge is 0.496 e. The molecule has 1 aliphatic heterocycles. The quantitative estimate of drug-likeness (QED) is 0.570. The monoisotopic (exact) mass is 378 g/mol. The lowest BCUT2D eigenvalue weighted by Gasteiger charge is -2.26. The number of rotatable bonds is 5. The number of ether oxygens (including phenoxy) is 3. The van der Waals surface area contributed by atoms with Crippen LogP contribution in [0.15, 0.2) is 12.1 Å². The van der Waals surface area contributed by atoms with Crippen molar-refractivity contribution < 1.29 is 36.6 Å². The lowest BCUT2D eigenvalue weighted by atomic mass is 9.85. The van der Waals surface area contributed by atoms with Gasteiger partial charge in [0.15, 0.2) is 11.7 Å². The van der Waals surface area contributed by atoms with Crippen molar-refractivity contribution in [2.75, 3.05) is 13.7 Å². The Morgan fingerprint density at radius 3 is 2.50 bits per heavy atom. The number of hydrogen-bond donors (Lipinski definition) is 0. The van der Waals surface area contributed by atoms with Crippen LogP contribution < -0.4 is 4.74 Å². The summed E-state index contributed by atoms with van der Waals surface area (Å²) in [6, 6.07) is 2.51. The van der Waals surface area contributed by atoms with Crippen LogP contribution in [0.5, 0.6) is 5.75 Å². The zero-order valence-electron chi connectivity index (χ0n) is 15.1. The highest BCUT2D eigenvalue weighted by molar-refractivity contribution is 5.77. The van der Waals surface area contributed by atoms with E-state index in [1.165, 1.54) is 19.2 Å². The molecule has 0 spiro atoms. The van der Waals surface area contributed by atoms with Crippen molar-refractivity contribution in [3.8, 4) is 5.75 Å². The van der Waals surface area contributed by atoms with E-state index in [0.717, 1.165) is 6.92 Å². The van der Waals surface area contributed by atoms with Gasteiger partial charge in [-0.2, -0.15) is 13.2 Å². The summed E-state index contributed by atoms with van der Waals surface area (Å²) in [6.07, 6.45) is -6.33. The molecule has 3 unspecified atom stereocenters. The van der Waals surface area contributed by atoms with Crippen molar-refractivity contribution in [1.29, 1.82) is 0 Å². The van der Waals surface area contributed by atoms with Gasteiger partial charge in [-0.15, -0.1) is 0 Å². The van der Waals surface area contributed by atoms with Gasteiger partial charge >= 0.3 is 12.1 Å². The van der Waals surface area contributed by atoms with Crippen LogP contribution >= 0.6 is 0 Å². The molecule has 1 aromatic carbocycles. The Morgan fingerprint density at radius 1 is 1.35 bits per heavy atom. The van der Waals surface area contributed by atoms with Gasteiger partial charge < -0.3 is 14.2 Å². The van der Waals surface area contributed by atoms with Crippen molar-refractivity contribution in [3.05, 3.63) is 29.1 Å². The second kappa shape index (κ2) is 7.42. The van der Waals surface area contributed by atoms with Gasteiger partial charge in [0.2, 0.25) is 0 Å². The minimum Gasteiger partial charge on any atom is -0.496 e. The van der Waals surface area contributed by atoms with E-state index in [-0.39, 0.29) is 24.3 Å². The predicted molar refractivity (Wildman–Crippen MR) is 85.7 cm³/mol. The smallest absolute Gasteiger partial charge is 0.417 e. The minimum absolute atomic E-state index is 0.00884. The summed E-state index contributed by atoms with van der Waals surface area (Å²) in [5, 5.41) is 0. The summed E-state index contributed by atoms with van der Waals surface area (Å²) in [7, 11) is 1.32. The Kier molecular flexibility index (Phi) is 5.85. The zero-order chi connectivity index (χ0) is 19.7. The Labute approximate surface area is 149 Å². The van der Waals surface area contributed by atoms with Gasteiger partial charge in [0.05, 0.1) is 13.7 Å². The maximum absolute atomic E-state index is 14.0. The van der Waals surface area contributed by atoms with Crippen molar-refractivity contribution in [3.63, 3.8) is 0 Å². The van der Waals surface area contributed by atoms with Crippen LogP contribution in [-0.4, -0.2) is 37.6 Å². The van der Waals surface area contributed by atoms with Crippen LogP contribution in [0.3, 0.4) is 0 Å². The summed E-state index contributed by atoms with van der Waals surface area (Å²) in [5.74, 6) is -2.23. The van der Waals surface area contributed by atoms with Crippen LogP contribution in [-0.2, 0) is 20.7 Å². The highest BCUT2D eigenvalue weighted by Gasteiger charge is 2.61. The maximum atomic E-state index is 14.0. The van der Waals surface area contributed by atoms with Crippen molar-refractivity contribution >= 4 is 5.97 Å². The fourth-order valence-corrected chi connectivity index (χ4v) is 3.31. The van der Waals surface area contributed by atoms with Crippen LogP contribution in [0.25, 0.3) is 0 Å². The lowest BCUT2D eigenvalue weighted by Crippen LogP contribution is -2.43. The van der Waals surface area contributed by atoms with E-state index in [9.17, 15) is 22.4 Å². The van der Waals surface area contributed by atoms with E-state index < -0.39 is 42.0 Å². The molecule has 1 aliphatic rings. The molecule has 0 aliphatic carbocycles. The summed E-state index contributed by atoms with van der Waals surface area (Å²) < 4.78 is 69.8. The number of esters is 1. The fourth-order valence-electron chi connectivity index (χ4n) is 3.31. The van der Waals surface area contributed by atoms with Gasteiger partial charge in [0, 0.05) is 17.0 Å². The van der Waals surface area contributed by atoms with Crippen LogP contribution in [0.4, 0.5) is 17.6 Å². The molecule has 0 radical (unpaired) electrons. The van der Waals surface area contributed by atoms with Crippen LogP contribution in [0.1, 0.15) is 44.2 Å². The number of hydrogen-bond acceptors (Lipinski definition) is 4. The first-order chi connectivity index (χ1) is 12.1. The van der Waals surface area contributed by atoms with Gasteiger partial charge in [-0.3, -0.25) is 0 Å². The molecule has 4 nitrogen and oxygen atoms in total. The van der Waals surface area contributed by atoms with Crippen molar-refractivity contribution in [2.45, 2.75) is 57.4 Å². The summed E-state index contributed by atoms with van der Waals surface area (Å²) in [4.78, 5) is 12.2. The third-order valence-electron chi connectivity index (χ3n) is 4.67. The Morgan fingerprint density at radius 2 is 2.00 bits per heavy atom. The first kappa shape index (κ1) is 20.5. The number of halogens is 4. The minimum atomic E-state index is -4.67. The van der Waals surface area contributed by atoms with E-state index in [1.54, 1.807) is 13.8 Å². The SMILES string of the molecule is CCOC(=O)C1OC(C)(C(F)(F)F)CC1c1ccc(F)c(CC)c1OC. The van der Waals surface area contributed by atoms with E-state index in [0.29, 0.717) is 5.56 Å². The first-order valence-electron chi connectivity index (χ1n) is 8.36. The second-order valence-electron chi connectivity index (χ2n) is 6.33. The Hall–Kier alpha value is -1.83. The molecule has 26 heavy (non-hydrogen) atoms. The standard InChI is InChI=1S/C18H22F4O4/c1-5-10-13(19)8-7-11(14(10)24-4)12-9-17(3,18(20,21)22)26-15(12)16(23)25-6-2/h7-8,12,15H,5-6,9H2,1-4H3. The van der Waals surface area contributed by atoms with Gasteiger partial charge in [-0.25, -0.2) is 9.18 Å². The first-order valence-corrected chi connectivity index (χ1v) is 8.36. The molecule has 1 fully saturated rings. The molecule has 0 aromatic heterocycles. The van der Waals surface area contributed by atoms with E-state index in [2.05, 4.69) is 0 Å². The number of carbonyl (C=O) groups is 1. The second-order valence-corrected chi connectivity index (χ2v) is 6.33. The molecule has 1 aromatic rings. The van der Waals surface area contributed by atoms with Crippen LogP contribution in [0, 0.1) is 5.82 Å². The van der Waals surface area contributed by atoms with E-state index in [4.69, 9.17) is 14.2 Å². The predicted octanol–water partition coefficient (Wildman–Crippen LogP) is 4.15. The molecule has 8 heteroatoms. The summed E-state index contributed by atoms with van der Waals surface area (Å²) in [6.45, 7) is 4.17. The van der Waals surface area contributed by atoms with Crippen molar-refractivity contribution in [2.24, 2.45) is 0 Å². The molecule has 0 saturated carbocycles. The molecular formula is C18H22F4O4. The molecule has 1 saturated heterocycles. The highest BCUT2D eigenvalue weighted by Crippen LogP contribution is 2.51. The third kappa shape index (κ3) is 3.51. The molecule has 0 amide bonds. The van der Waals surface area contributed by atoms with E-state index >= 15 is 0 Å². The average Bonchev–Trinajstić information content (AvgIpc) is 2.93. The highest BCUT2D eigenvalue weighted by atomic mass is 19.4. The number of benzene rings is 1. The molecule has 2 rings (SSSR count). The topological polar surface area (TPSA) is 44.8 Å². The van der Waals surface area contributed by atoms with Crippen molar-refractivity contribution in [1.82, 2.24) is 0 Å². The van der Waals surface area contributed by atoms with E-state index in [1.807, 2.05) is 0 Å². The van der Waals surface area contributed by atoms with Crippen LogP contribution in [0.2, 0.25) is 0 Å². The number of carbonyl (C=O) groups excluding carboxylic acids is 1. The molecule has 1 heterocycles. The summed E-state index contributed by atoms with van der Waals surface area (Å²) in [5.41, 5.74) is -1.97. The number of alkyl halides is 3. The molecule has 0 N–H and O–H groups in total. The average molecular weight is 378 g/mol. The van der Waals surface area contributed by atoms with Gasteiger partial charge in [-0.1, -0.05) is 13.0 Å². The maximum Gasteiger partial charge on any atom is 0.417 e. The zero-order valence-corrected chi connectivity index (χ0v) is 15.1. The molecule has 146 valence electrons. The Balaban J connectivity index is 2.56. The molecule has 3 atom stereocenters. The van der Waals surface area contributed by atoms with Gasteiger partial charge in [-0.05, 0) is 32.8 Å². The summed E-state index contributed by atoms with van der Waals surface area (Å²) >= 11 is 0. The normalized spacial score (nSPS) is 26.0. The molecular weight excluding hydrogens is 356 g/mol. The Bertz CT molecular complexity index is 674. The fraction of sp³-hybridized carbons (Fsp3) is 0.611. The van der Waals surface area contributed by atoms with Gasteiger partial charge in [0.25, 0.3) is 0 Å². The third-order valence-corrected chi connectivity index (χ3v) is 4.67. The molecule has 0 bridgehead atoms. The van der Waals surface area contributed by atoms with Gasteiger partial charge in [0.1, 0.15) is 11.6 Å². The lowest BCUT2D eigenvalue weighted by molar-refractivity contribution is -0.264. The number of methoxy groups -OCH3 is 1.